The molecule has 1 aliphatic carbocycles. The van der Waals surface area contributed by atoms with Crippen molar-refractivity contribution in [2.24, 2.45) is 5.92 Å². The number of carbonyl (C=O) groups excluding carboxylic acids is 1. The molecule has 1 N–H and O–H groups in total. The van der Waals surface area contributed by atoms with Crippen LogP contribution in [0.25, 0.3) is 11.3 Å². The second-order valence-electron chi connectivity index (χ2n) is 5.20. The van der Waals surface area contributed by atoms with Crippen molar-refractivity contribution in [1.29, 1.82) is 0 Å². The molecule has 1 fully saturated rings. The number of amides is 1. The van der Waals surface area contributed by atoms with Crippen molar-refractivity contribution in [3.05, 3.63) is 42.0 Å². The first-order valence-corrected chi connectivity index (χ1v) is 7.02. The van der Waals surface area contributed by atoms with Gasteiger partial charge in [-0.25, -0.2) is 0 Å². The molecule has 21 heavy (non-hydrogen) atoms. The van der Waals surface area contributed by atoms with Gasteiger partial charge in [0.05, 0.1) is 12.8 Å². The fraction of sp³-hybridized carbons (Fsp3) is 0.312. The Morgan fingerprint density at radius 3 is 2.81 bits per heavy atom. The van der Waals surface area contributed by atoms with E-state index in [1.807, 2.05) is 30.3 Å². The van der Waals surface area contributed by atoms with Gasteiger partial charge in [0.2, 0.25) is 5.88 Å². The van der Waals surface area contributed by atoms with E-state index in [1.165, 1.54) is 12.8 Å². The summed E-state index contributed by atoms with van der Waals surface area (Å²) in [5.74, 6) is 1.10. The lowest BCUT2D eigenvalue weighted by molar-refractivity contribution is 0.0952. The fourth-order valence-corrected chi connectivity index (χ4v) is 2.06. The molecule has 108 valence electrons. The molecule has 0 radical (unpaired) electrons. The smallest absolute Gasteiger partial charge is 0.251 e. The predicted molar refractivity (Wildman–Crippen MR) is 79.1 cm³/mol. The van der Waals surface area contributed by atoms with Gasteiger partial charge in [0.15, 0.2) is 0 Å². The standard InChI is InChI=1S/C16H17N3O2/c1-21-15-8-7-14(18-19-15)12-3-2-4-13(9-12)16(20)17-10-11-5-6-11/h2-4,7-9,11H,5-6,10H2,1H3,(H,17,20). The summed E-state index contributed by atoms with van der Waals surface area (Å²) in [5, 5.41) is 11.0. The molecule has 1 aliphatic rings. The van der Waals surface area contributed by atoms with Crippen LogP contribution in [0.5, 0.6) is 5.88 Å². The SMILES string of the molecule is COc1ccc(-c2cccc(C(=O)NCC3CC3)c2)nn1. The van der Waals surface area contributed by atoms with E-state index >= 15 is 0 Å². The van der Waals surface area contributed by atoms with E-state index in [4.69, 9.17) is 4.74 Å². The van der Waals surface area contributed by atoms with Gasteiger partial charge in [-0.2, -0.15) is 0 Å². The molecule has 5 heteroatoms. The highest BCUT2D eigenvalue weighted by Gasteiger charge is 2.21. The van der Waals surface area contributed by atoms with E-state index < -0.39 is 0 Å². The van der Waals surface area contributed by atoms with Gasteiger partial charge in [0, 0.05) is 23.7 Å². The minimum absolute atomic E-state index is 0.0368. The van der Waals surface area contributed by atoms with Crippen LogP contribution in [0.15, 0.2) is 36.4 Å². The van der Waals surface area contributed by atoms with E-state index in [9.17, 15) is 4.79 Å². The highest BCUT2D eigenvalue weighted by atomic mass is 16.5. The Balaban J connectivity index is 1.76. The van der Waals surface area contributed by atoms with Crippen molar-refractivity contribution in [3.63, 3.8) is 0 Å². The average molecular weight is 283 g/mol. The summed E-state index contributed by atoms with van der Waals surface area (Å²) in [7, 11) is 1.55. The molecule has 3 rings (SSSR count). The molecule has 1 saturated carbocycles. The molecule has 5 nitrogen and oxygen atoms in total. The lowest BCUT2D eigenvalue weighted by Gasteiger charge is -2.06. The second kappa shape index (κ2) is 5.91. The van der Waals surface area contributed by atoms with Crippen LogP contribution >= 0.6 is 0 Å². The normalized spacial score (nSPS) is 13.8. The molecule has 0 saturated heterocycles. The minimum Gasteiger partial charge on any atom is -0.480 e. The van der Waals surface area contributed by atoms with Crippen molar-refractivity contribution >= 4 is 5.91 Å². The summed E-state index contributed by atoms with van der Waals surface area (Å²) in [6.45, 7) is 0.769. The van der Waals surface area contributed by atoms with Crippen LogP contribution in [0.4, 0.5) is 0 Å². The van der Waals surface area contributed by atoms with Crippen LogP contribution < -0.4 is 10.1 Å². The molecule has 1 aromatic heterocycles. The van der Waals surface area contributed by atoms with Crippen molar-refractivity contribution in [1.82, 2.24) is 15.5 Å². The van der Waals surface area contributed by atoms with Gasteiger partial charge in [-0.1, -0.05) is 12.1 Å². The number of hydrogen-bond acceptors (Lipinski definition) is 4. The zero-order chi connectivity index (χ0) is 14.7. The van der Waals surface area contributed by atoms with Crippen LogP contribution in [0.3, 0.4) is 0 Å². The van der Waals surface area contributed by atoms with Gasteiger partial charge < -0.3 is 10.1 Å². The maximum Gasteiger partial charge on any atom is 0.251 e. The topological polar surface area (TPSA) is 64.1 Å². The number of carbonyl (C=O) groups is 1. The Kier molecular flexibility index (Phi) is 3.81. The van der Waals surface area contributed by atoms with Crippen molar-refractivity contribution < 1.29 is 9.53 Å². The first-order valence-electron chi connectivity index (χ1n) is 7.02. The zero-order valence-corrected chi connectivity index (χ0v) is 11.9. The lowest BCUT2D eigenvalue weighted by atomic mass is 10.1. The van der Waals surface area contributed by atoms with Crippen molar-refractivity contribution in [2.75, 3.05) is 13.7 Å². The monoisotopic (exact) mass is 283 g/mol. The van der Waals surface area contributed by atoms with Crippen LogP contribution in [0, 0.1) is 5.92 Å². The first-order chi connectivity index (χ1) is 10.3. The molecule has 1 heterocycles. The lowest BCUT2D eigenvalue weighted by Crippen LogP contribution is -2.25. The van der Waals surface area contributed by atoms with Gasteiger partial charge in [-0.05, 0) is 37.0 Å². The van der Waals surface area contributed by atoms with Crippen molar-refractivity contribution in [2.45, 2.75) is 12.8 Å². The van der Waals surface area contributed by atoms with Crippen LogP contribution in [-0.4, -0.2) is 29.8 Å². The van der Waals surface area contributed by atoms with Crippen LogP contribution in [-0.2, 0) is 0 Å². The molecule has 1 amide bonds. The number of aromatic nitrogens is 2. The summed E-state index contributed by atoms with van der Waals surface area (Å²) < 4.78 is 4.99. The molecular weight excluding hydrogens is 266 g/mol. The van der Waals surface area contributed by atoms with Crippen LogP contribution in [0.2, 0.25) is 0 Å². The maximum atomic E-state index is 12.1. The quantitative estimate of drug-likeness (QED) is 0.914. The molecule has 0 bridgehead atoms. The average Bonchev–Trinajstić information content (AvgIpc) is 3.37. The predicted octanol–water partition coefficient (Wildman–Crippen LogP) is 2.29. The summed E-state index contributed by atoms with van der Waals surface area (Å²) in [4.78, 5) is 12.1. The zero-order valence-electron chi connectivity index (χ0n) is 11.9. The number of hydrogen-bond donors (Lipinski definition) is 1. The number of benzene rings is 1. The van der Waals surface area contributed by atoms with E-state index in [1.54, 1.807) is 13.2 Å². The van der Waals surface area contributed by atoms with Crippen molar-refractivity contribution in [3.8, 4) is 17.1 Å². The van der Waals surface area contributed by atoms with Gasteiger partial charge in [0.1, 0.15) is 0 Å². The fourth-order valence-electron chi connectivity index (χ4n) is 2.06. The Morgan fingerprint density at radius 2 is 2.14 bits per heavy atom. The number of ether oxygens (including phenoxy) is 1. The van der Waals surface area contributed by atoms with E-state index in [2.05, 4.69) is 15.5 Å². The van der Waals surface area contributed by atoms with Gasteiger partial charge >= 0.3 is 0 Å². The summed E-state index contributed by atoms with van der Waals surface area (Å²) >= 11 is 0. The Labute approximate surface area is 123 Å². The minimum atomic E-state index is -0.0368. The molecule has 2 aromatic rings. The highest BCUT2D eigenvalue weighted by Crippen LogP contribution is 2.27. The number of nitrogens with one attached hydrogen (secondary N) is 1. The number of nitrogens with zero attached hydrogens (tertiary/aromatic N) is 2. The van der Waals surface area contributed by atoms with Crippen LogP contribution in [0.1, 0.15) is 23.2 Å². The number of rotatable bonds is 5. The molecule has 0 aliphatic heterocycles. The van der Waals surface area contributed by atoms with E-state index in [-0.39, 0.29) is 5.91 Å². The summed E-state index contributed by atoms with van der Waals surface area (Å²) in [6.07, 6.45) is 2.45. The first kappa shape index (κ1) is 13.5. The summed E-state index contributed by atoms with van der Waals surface area (Å²) in [6, 6.07) is 11.0. The third kappa shape index (κ3) is 3.37. The number of methoxy groups -OCH3 is 1. The van der Waals surface area contributed by atoms with Gasteiger partial charge in [-0.3, -0.25) is 4.79 Å². The molecule has 0 unspecified atom stereocenters. The molecule has 1 aromatic carbocycles. The van der Waals surface area contributed by atoms with Gasteiger partial charge in [0.25, 0.3) is 5.91 Å². The largest absolute Gasteiger partial charge is 0.480 e. The Morgan fingerprint density at radius 1 is 1.29 bits per heavy atom. The third-order valence-corrected chi connectivity index (χ3v) is 3.52. The Bertz CT molecular complexity index is 636. The molecule has 0 spiro atoms. The summed E-state index contributed by atoms with van der Waals surface area (Å²) in [5.41, 5.74) is 2.22. The third-order valence-electron chi connectivity index (χ3n) is 3.52. The molecular formula is C16H17N3O2. The van der Waals surface area contributed by atoms with Gasteiger partial charge in [-0.15, -0.1) is 10.2 Å². The van der Waals surface area contributed by atoms with E-state index in [0.29, 0.717) is 23.1 Å². The van der Waals surface area contributed by atoms with E-state index in [0.717, 1.165) is 12.1 Å². The maximum absolute atomic E-state index is 12.1. The highest BCUT2D eigenvalue weighted by molar-refractivity contribution is 5.95. The second-order valence-corrected chi connectivity index (χ2v) is 5.20. The molecule has 0 atom stereocenters. The Hall–Kier alpha value is -2.43.